The Bertz CT molecular complexity index is 818. The number of nitrogens with zero attached hydrogens (tertiary/aromatic N) is 4. The smallest absolute Gasteiger partial charge is 0.225 e. The summed E-state index contributed by atoms with van der Waals surface area (Å²) in [6.45, 7) is 0.802. The van der Waals surface area contributed by atoms with E-state index < -0.39 is 0 Å². The van der Waals surface area contributed by atoms with Crippen molar-refractivity contribution in [3.05, 3.63) is 60.7 Å². The molecular formula is C19H20N6. The fraction of sp³-hybridized carbons (Fsp3) is 0.263. The van der Waals surface area contributed by atoms with Crippen molar-refractivity contribution in [1.29, 1.82) is 0 Å². The maximum absolute atomic E-state index is 4.64. The molecule has 4 rings (SSSR count). The van der Waals surface area contributed by atoms with Crippen LogP contribution < -0.4 is 10.6 Å². The highest BCUT2D eigenvalue weighted by Gasteiger charge is 2.22. The second-order valence-corrected chi connectivity index (χ2v) is 6.15. The molecule has 2 N–H and O–H groups in total. The van der Waals surface area contributed by atoms with Gasteiger partial charge in [-0.1, -0.05) is 0 Å². The molecule has 0 saturated heterocycles. The summed E-state index contributed by atoms with van der Waals surface area (Å²) >= 11 is 0. The lowest BCUT2D eigenvalue weighted by Gasteiger charge is -2.11. The van der Waals surface area contributed by atoms with E-state index in [0.29, 0.717) is 12.0 Å². The number of anilines is 2. The lowest BCUT2D eigenvalue weighted by Crippen LogP contribution is -2.11. The maximum atomic E-state index is 4.64. The standard InChI is InChI=1S/C19H20N6/c1-2-15(13-21-8-1)17-12-18(25-19(24-17)23-16-3-4-16)22-11-7-14-5-9-20-10-6-14/h1-2,5-6,8-10,12-13,16H,3-4,7,11H2,(H2,22,23,24,25). The zero-order chi connectivity index (χ0) is 16.9. The zero-order valence-corrected chi connectivity index (χ0v) is 13.9. The molecular weight excluding hydrogens is 312 g/mol. The Kier molecular flexibility index (Phi) is 4.50. The first-order valence-electron chi connectivity index (χ1n) is 8.55. The molecule has 0 atom stereocenters. The van der Waals surface area contributed by atoms with Crippen molar-refractivity contribution in [3.8, 4) is 11.3 Å². The van der Waals surface area contributed by atoms with Gasteiger partial charge in [0, 0.05) is 49.0 Å². The van der Waals surface area contributed by atoms with Gasteiger partial charge in [-0.05, 0) is 49.1 Å². The predicted octanol–water partition coefficient (Wildman–Crippen LogP) is 3.16. The third-order valence-corrected chi connectivity index (χ3v) is 4.06. The van der Waals surface area contributed by atoms with Gasteiger partial charge in [-0.15, -0.1) is 0 Å². The Morgan fingerprint density at radius 2 is 1.88 bits per heavy atom. The van der Waals surface area contributed by atoms with Crippen LogP contribution in [-0.4, -0.2) is 32.5 Å². The van der Waals surface area contributed by atoms with E-state index >= 15 is 0 Å². The summed E-state index contributed by atoms with van der Waals surface area (Å²) in [4.78, 5) is 17.5. The van der Waals surface area contributed by atoms with Gasteiger partial charge >= 0.3 is 0 Å². The van der Waals surface area contributed by atoms with E-state index in [2.05, 4.69) is 30.6 Å². The van der Waals surface area contributed by atoms with Crippen LogP contribution in [0, 0.1) is 0 Å². The number of aromatic nitrogens is 4. The molecule has 0 bridgehead atoms. The van der Waals surface area contributed by atoms with E-state index in [1.54, 1.807) is 6.20 Å². The van der Waals surface area contributed by atoms with Gasteiger partial charge in [0.15, 0.2) is 0 Å². The second-order valence-electron chi connectivity index (χ2n) is 6.15. The summed E-state index contributed by atoms with van der Waals surface area (Å²) in [7, 11) is 0. The molecule has 1 aliphatic carbocycles. The molecule has 25 heavy (non-hydrogen) atoms. The Morgan fingerprint density at radius 3 is 2.64 bits per heavy atom. The highest BCUT2D eigenvalue weighted by atomic mass is 15.2. The van der Waals surface area contributed by atoms with Gasteiger partial charge in [0.2, 0.25) is 5.95 Å². The van der Waals surface area contributed by atoms with Gasteiger partial charge < -0.3 is 10.6 Å². The highest BCUT2D eigenvalue weighted by Crippen LogP contribution is 2.26. The van der Waals surface area contributed by atoms with Crippen molar-refractivity contribution in [2.45, 2.75) is 25.3 Å². The minimum atomic E-state index is 0.508. The van der Waals surface area contributed by atoms with Crippen LogP contribution in [0.4, 0.5) is 11.8 Å². The fourth-order valence-electron chi connectivity index (χ4n) is 2.56. The number of hydrogen-bond acceptors (Lipinski definition) is 6. The molecule has 3 aromatic heterocycles. The van der Waals surface area contributed by atoms with E-state index in [1.807, 2.05) is 48.9 Å². The number of pyridine rings is 2. The topological polar surface area (TPSA) is 75.6 Å². The third kappa shape index (κ3) is 4.29. The third-order valence-electron chi connectivity index (χ3n) is 4.06. The Morgan fingerprint density at radius 1 is 1.00 bits per heavy atom. The summed E-state index contributed by atoms with van der Waals surface area (Å²) in [6.07, 6.45) is 10.5. The van der Waals surface area contributed by atoms with Gasteiger partial charge in [-0.2, -0.15) is 4.98 Å². The molecule has 0 aliphatic heterocycles. The fourth-order valence-corrected chi connectivity index (χ4v) is 2.56. The maximum Gasteiger partial charge on any atom is 0.225 e. The minimum Gasteiger partial charge on any atom is -0.370 e. The molecule has 0 unspecified atom stereocenters. The van der Waals surface area contributed by atoms with Crippen LogP contribution in [0.3, 0.4) is 0 Å². The average Bonchev–Trinajstić information content (AvgIpc) is 3.47. The number of nitrogens with one attached hydrogen (secondary N) is 2. The first-order chi connectivity index (χ1) is 12.4. The first-order valence-corrected chi connectivity index (χ1v) is 8.55. The number of rotatable bonds is 7. The minimum absolute atomic E-state index is 0.508. The van der Waals surface area contributed by atoms with Crippen molar-refractivity contribution >= 4 is 11.8 Å². The summed E-state index contributed by atoms with van der Waals surface area (Å²) in [5, 5.41) is 6.79. The molecule has 3 aromatic rings. The molecule has 126 valence electrons. The summed E-state index contributed by atoms with van der Waals surface area (Å²) < 4.78 is 0. The summed E-state index contributed by atoms with van der Waals surface area (Å²) in [6, 6.07) is 10.5. The van der Waals surface area contributed by atoms with Crippen molar-refractivity contribution in [1.82, 2.24) is 19.9 Å². The van der Waals surface area contributed by atoms with E-state index in [9.17, 15) is 0 Å². The Hall–Kier alpha value is -3.02. The monoisotopic (exact) mass is 332 g/mol. The molecule has 1 fully saturated rings. The van der Waals surface area contributed by atoms with Crippen LogP contribution in [0.25, 0.3) is 11.3 Å². The van der Waals surface area contributed by atoms with E-state index in [4.69, 9.17) is 0 Å². The van der Waals surface area contributed by atoms with Crippen LogP contribution in [0.1, 0.15) is 18.4 Å². The van der Waals surface area contributed by atoms with Crippen LogP contribution in [0.5, 0.6) is 0 Å². The van der Waals surface area contributed by atoms with Crippen LogP contribution in [0.15, 0.2) is 55.1 Å². The molecule has 1 saturated carbocycles. The van der Waals surface area contributed by atoms with E-state index in [1.165, 1.54) is 18.4 Å². The van der Waals surface area contributed by atoms with Gasteiger partial charge in [-0.25, -0.2) is 4.98 Å². The second kappa shape index (κ2) is 7.25. The van der Waals surface area contributed by atoms with Crippen LogP contribution in [-0.2, 0) is 6.42 Å². The van der Waals surface area contributed by atoms with Crippen molar-refractivity contribution in [3.63, 3.8) is 0 Å². The van der Waals surface area contributed by atoms with Gasteiger partial charge in [0.25, 0.3) is 0 Å². The van der Waals surface area contributed by atoms with Crippen molar-refractivity contribution in [2.24, 2.45) is 0 Å². The molecule has 0 amide bonds. The number of hydrogen-bond donors (Lipinski definition) is 2. The summed E-state index contributed by atoms with van der Waals surface area (Å²) in [5.41, 5.74) is 3.11. The van der Waals surface area contributed by atoms with Crippen molar-refractivity contribution < 1.29 is 0 Å². The summed E-state index contributed by atoms with van der Waals surface area (Å²) in [5.74, 6) is 1.50. The Balaban J connectivity index is 1.51. The highest BCUT2D eigenvalue weighted by molar-refractivity contribution is 5.63. The first kappa shape index (κ1) is 15.5. The molecule has 6 nitrogen and oxygen atoms in total. The molecule has 0 aromatic carbocycles. The van der Waals surface area contributed by atoms with Gasteiger partial charge in [-0.3, -0.25) is 9.97 Å². The molecule has 6 heteroatoms. The average molecular weight is 332 g/mol. The zero-order valence-electron chi connectivity index (χ0n) is 13.9. The van der Waals surface area contributed by atoms with E-state index in [0.717, 1.165) is 30.0 Å². The quantitative estimate of drug-likeness (QED) is 0.692. The molecule has 0 spiro atoms. The van der Waals surface area contributed by atoms with Crippen LogP contribution in [0.2, 0.25) is 0 Å². The van der Waals surface area contributed by atoms with Crippen molar-refractivity contribution in [2.75, 3.05) is 17.2 Å². The molecule has 1 aliphatic rings. The largest absolute Gasteiger partial charge is 0.370 e. The lowest BCUT2D eigenvalue weighted by molar-refractivity contribution is 0.987. The SMILES string of the molecule is c1cncc(-c2cc(NCCc3ccncc3)nc(NC3CC3)n2)c1. The molecule has 3 heterocycles. The normalized spacial score (nSPS) is 13.4. The predicted molar refractivity (Wildman–Crippen MR) is 98.3 cm³/mol. The van der Waals surface area contributed by atoms with Gasteiger partial charge in [0.05, 0.1) is 5.69 Å². The van der Waals surface area contributed by atoms with E-state index in [-0.39, 0.29) is 0 Å². The Labute approximate surface area is 146 Å². The molecule has 0 radical (unpaired) electrons. The lowest BCUT2D eigenvalue weighted by atomic mass is 10.2. The van der Waals surface area contributed by atoms with Gasteiger partial charge in [0.1, 0.15) is 5.82 Å². The van der Waals surface area contributed by atoms with Crippen LogP contribution >= 0.6 is 0 Å².